The second kappa shape index (κ2) is 8.23. The monoisotopic (exact) mass is 431 g/mol. The first-order valence-corrected chi connectivity index (χ1v) is 11.1. The molecule has 3 aromatic carbocycles. The number of hydrogen-bond donors (Lipinski definition) is 0. The summed E-state index contributed by atoms with van der Waals surface area (Å²) >= 11 is 1.48. The van der Waals surface area contributed by atoms with Crippen LogP contribution in [0.15, 0.2) is 89.8 Å². The summed E-state index contributed by atoms with van der Waals surface area (Å²) in [4.78, 5) is 29.3. The van der Waals surface area contributed by atoms with E-state index in [4.69, 9.17) is 4.74 Å². The number of nitrogens with zero attached hydrogens (tertiary/aromatic N) is 1. The van der Waals surface area contributed by atoms with Crippen molar-refractivity contribution in [2.75, 3.05) is 4.90 Å². The molecule has 0 N–H and O–H groups in total. The third-order valence-corrected chi connectivity index (χ3v) is 6.43. The highest BCUT2D eigenvalue weighted by atomic mass is 32.2. The number of amides is 2. The molecule has 1 heterocycles. The van der Waals surface area contributed by atoms with Crippen molar-refractivity contribution >= 4 is 29.4 Å². The third kappa shape index (κ3) is 4.23. The molecule has 0 aromatic heterocycles. The highest BCUT2D eigenvalue weighted by Crippen LogP contribution is 2.53. The van der Waals surface area contributed by atoms with Gasteiger partial charge in [0.25, 0.3) is 5.91 Å². The Hall–Kier alpha value is -3.05. The van der Waals surface area contributed by atoms with Gasteiger partial charge in [-0.15, -0.1) is 11.8 Å². The zero-order valence-electron chi connectivity index (χ0n) is 17.9. The van der Waals surface area contributed by atoms with Crippen molar-refractivity contribution in [3.05, 3.63) is 96.1 Å². The predicted octanol–water partition coefficient (Wildman–Crippen LogP) is 6.20. The largest absolute Gasteiger partial charge is 0.443 e. The van der Waals surface area contributed by atoms with Gasteiger partial charge in [0.05, 0.1) is 5.69 Å². The number of ether oxygens (including phenoxy) is 1. The maximum Gasteiger partial charge on any atom is 0.421 e. The maximum absolute atomic E-state index is 14.0. The zero-order valence-corrected chi connectivity index (χ0v) is 18.7. The number of imide groups is 1. The highest BCUT2D eigenvalue weighted by Gasteiger charge is 2.54. The minimum absolute atomic E-state index is 0.277. The van der Waals surface area contributed by atoms with Gasteiger partial charge in [-0.2, -0.15) is 0 Å². The maximum atomic E-state index is 14.0. The number of anilines is 1. The van der Waals surface area contributed by atoms with Gasteiger partial charge in [0.2, 0.25) is 0 Å². The van der Waals surface area contributed by atoms with Crippen LogP contribution in [0.1, 0.15) is 31.9 Å². The summed E-state index contributed by atoms with van der Waals surface area (Å²) < 4.78 is 4.62. The molecule has 1 aliphatic rings. The van der Waals surface area contributed by atoms with Crippen LogP contribution in [0.3, 0.4) is 0 Å². The van der Waals surface area contributed by atoms with Crippen molar-refractivity contribution in [2.24, 2.45) is 0 Å². The molecule has 0 aliphatic carbocycles. The van der Waals surface area contributed by atoms with E-state index in [2.05, 4.69) is 0 Å². The molecule has 0 spiro atoms. The Morgan fingerprint density at radius 3 is 2.13 bits per heavy atom. The van der Waals surface area contributed by atoms with Crippen LogP contribution in [0, 0.1) is 0 Å². The Morgan fingerprint density at radius 1 is 0.903 bits per heavy atom. The first-order valence-electron chi connectivity index (χ1n) is 10.3. The topological polar surface area (TPSA) is 46.6 Å². The minimum atomic E-state index is -0.976. The number of carbonyl (C=O) groups excluding carboxylic acids is 2. The van der Waals surface area contributed by atoms with E-state index >= 15 is 0 Å². The molecule has 0 fully saturated rings. The molecular weight excluding hydrogens is 406 g/mol. The Morgan fingerprint density at radius 2 is 1.48 bits per heavy atom. The molecule has 158 valence electrons. The number of thioether (sulfide) groups is 1. The van der Waals surface area contributed by atoms with E-state index in [-0.39, 0.29) is 5.91 Å². The van der Waals surface area contributed by atoms with E-state index in [9.17, 15) is 9.59 Å². The van der Waals surface area contributed by atoms with Gasteiger partial charge in [0.1, 0.15) is 10.3 Å². The van der Waals surface area contributed by atoms with Gasteiger partial charge in [-0.1, -0.05) is 66.7 Å². The second-order valence-electron chi connectivity index (χ2n) is 8.54. The van der Waals surface area contributed by atoms with Crippen molar-refractivity contribution in [1.29, 1.82) is 0 Å². The number of hydrogen-bond acceptors (Lipinski definition) is 4. The molecule has 31 heavy (non-hydrogen) atoms. The summed E-state index contributed by atoms with van der Waals surface area (Å²) in [5, 5.41) is 0. The Labute approximate surface area is 187 Å². The molecule has 5 heteroatoms. The van der Waals surface area contributed by atoms with Gasteiger partial charge in [0, 0.05) is 16.9 Å². The SMILES string of the molecule is CC(C)(C)OC(=O)N1C(=O)[C@@](Cc2ccccc2)(Sc2ccccc2)c2ccccc21. The second-order valence-corrected chi connectivity index (χ2v) is 9.92. The first kappa shape index (κ1) is 21.2. The lowest BCUT2D eigenvalue weighted by molar-refractivity contribution is -0.120. The van der Waals surface area contributed by atoms with Crippen molar-refractivity contribution < 1.29 is 14.3 Å². The molecule has 0 bridgehead atoms. The van der Waals surface area contributed by atoms with E-state index < -0.39 is 16.4 Å². The van der Waals surface area contributed by atoms with Crippen molar-refractivity contribution in [3.8, 4) is 0 Å². The van der Waals surface area contributed by atoms with Gasteiger partial charge in [-0.25, -0.2) is 9.69 Å². The predicted molar refractivity (Wildman–Crippen MR) is 124 cm³/mol. The highest BCUT2D eigenvalue weighted by molar-refractivity contribution is 8.01. The number of fused-ring (bicyclic) bond motifs is 1. The summed E-state index contributed by atoms with van der Waals surface area (Å²) in [7, 11) is 0. The standard InChI is InChI=1S/C26H25NO3S/c1-25(2,3)30-24(29)27-22-17-11-10-16-21(22)26(23(27)28,18-19-12-6-4-7-13-19)31-20-14-8-5-9-15-20/h4-17H,18H2,1-3H3/t26-/m0/s1. The number of carbonyl (C=O) groups is 2. The van der Waals surface area contributed by atoms with E-state index in [0.717, 1.165) is 16.0 Å². The van der Waals surface area contributed by atoms with Crippen molar-refractivity contribution in [2.45, 2.75) is 42.4 Å². The molecule has 3 aromatic rings. The van der Waals surface area contributed by atoms with Crippen LogP contribution in [0.25, 0.3) is 0 Å². The fourth-order valence-corrected chi connectivity index (χ4v) is 5.18. The summed E-state index contributed by atoms with van der Waals surface area (Å²) in [5.74, 6) is -0.277. The minimum Gasteiger partial charge on any atom is -0.443 e. The van der Waals surface area contributed by atoms with Crippen LogP contribution in [-0.4, -0.2) is 17.6 Å². The quantitative estimate of drug-likeness (QED) is 0.493. The Balaban J connectivity index is 1.85. The summed E-state index contributed by atoms with van der Waals surface area (Å²) in [5.41, 5.74) is 1.73. The van der Waals surface area contributed by atoms with Crippen LogP contribution in [0.2, 0.25) is 0 Å². The Bertz CT molecular complexity index is 1050. The van der Waals surface area contributed by atoms with Crippen molar-refractivity contribution in [1.82, 2.24) is 0 Å². The normalized spacial score (nSPS) is 18.0. The van der Waals surface area contributed by atoms with Crippen LogP contribution in [0.4, 0.5) is 10.5 Å². The smallest absolute Gasteiger partial charge is 0.421 e. The summed E-state index contributed by atoms with van der Waals surface area (Å²) in [6, 6.07) is 27.3. The lowest BCUT2D eigenvalue weighted by Crippen LogP contribution is -2.45. The van der Waals surface area contributed by atoms with Crippen LogP contribution in [-0.2, 0) is 20.7 Å². The first-order chi connectivity index (χ1) is 14.8. The fourth-order valence-electron chi connectivity index (χ4n) is 3.78. The van der Waals surface area contributed by atoms with E-state index in [0.29, 0.717) is 12.1 Å². The molecule has 4 rings (SSSR count). The van der Waals surface area contributed by atoms with Crippen LogP contribution in [0.5, 0.6) is 0 Å². The lowest BCUT2D eigenvalue weighted by Gasteiger charge is -2.29. The molecule has 0 saturated carbocycles. The van der Waals surface area contributed by atoms with E-state index in [1.807, 2.05) is 84.9 Å². The molecule has 1 aliphatic heterocycles. The van der Waals surface area contributed by atoms with Gasteiger partial charge in [-0.3, -0.25) is 4.79 Å². The average Bonchev–Trinajstić information content (AvgIpc) is 2.96. The summed E-state index contributed by atoms with van der Waals surface area (Å²) in [6.45, 7) is 5.40. The van der Waals surface area contributed by atoms with Crippen LogP contribution < -0.4 is 4.90 Å². The van der Waals surface area contributed by atoms with Gasteiger partial charge in [-0.05, 0) is 44.5 Å². The lowest BCUT2D eigenvalue weighted by atomic mass is 9.92. The van der Waals surface area contributed by atoms with E-state index in [1.165, 1.54) is 16.7 Å². The summed E-state index contributed by atoms with van der Waals surface area (Å²) in [6.07, 6.45) is -0.184. The molecule has 0 radical (unpaired) electrons. The number of para-hydroxylation sites is 1. The number of rotatable bonds is 4. The van der Waals surface area contributed by atoms with Crippen LogP contribution >= 0.6 is 11.8 Å². The van der Waals surface area contributed by atoms with Gasteiger partial charge < -0.3 is 4.74 Å². The molecule has 0 unspecified atom stereocenters. The molecular formula is C26H25NO3S. The average molecular weight is 432 g/mol. The molecule has 4 nitrogen and oxygen atoms in total. The van der Waals surface area contributed by atoms with E-state index in [1.54, 1.807) is 20.8 Å². The third-order valence-electron chi connectivity index (χ3n) is 5.04. The van der Waals surface area contributed by atoms with Gasteiger partial charge >= 0.3 is 6.09 Å². The molecule has 1 atom stereocenters. The number of benzene rings is 3. The van der Waals surface area contributed by atoms with Crippen molar-refractivity contribution in [3.63, 3.8) is 0 Å². The Kier molecular flexibility index (Phi) is 5.63. The fraction of sp³-hybridized carbons (Fsp3) is 0.231. The zero-order chi connectivity index (χ0) is 22.1. The molecule has 0 saturated heterocycles. The molecule has 2 amide bonds. The van der Waals surface area contributed by atoms with Gasteiger partial charge in [0.15, 0.2) is 0 Å².